The van der Waals surface area contributed by atoms with Gasteiger partial charge in [-0.1, -0.05) is 13.8 Å². The number of ether oxygens (including phenoxy) is 2. The highest BCUT2D eigenvalue weighted by Gasteiger charge is 2.38. The van der Waals surface area contributed by atoms with E-state index in [-0.39, 0.29) is 41.9 Å². The number of carbonyl (C=O) groups is 3. The second-order valence-corrected chi connectivity index (χ2v) is 7.59. The van der Waals surface area contributed by atoms with Crippen LogP contribution in [0, 0.1) is 16.0 Å². The van der Waals surface area contributed by atoms with Gasteiger partial charge in [-0.05, 0) is 30.2 Å². The van der Waals surface area contributed by atoms with Crippen LogP contribution in [0.5, 0.6) is 11.5 Å². The average molecular weight is 425 g/mol. The summed E-state index contributed by atoms with van der Waals surface area (Å²) >= 11 is 0. The number of nitrogens with zero attached hydrogens (tertiary/aromatic N) is 2. The second-order valence-electron chi connectivity index (χ2n) is 7.59. The van der Waals surface area contributed by atoms with Gasteiger partial charge in [-0.2, -0.15) is 0 Å². The number of carbonyl (C=O) groups excluding carboxylic acids is 3. The standard InChI is InChI=1S/C21H19N3O7/c1-11(2)20-21(27)23(15-8-13(24(28)29)4-6-18(15)31-20)9-16(25)12-3-5-17-14(7-12)22-19(26)10-30-17/h3-8,11,20H,9-10H2,1-2H3,(H,22,26). The van der Waals surface area contributed by atoms with Crippen LogP contribution in [-0.4, -0.2) is 41.8 Å². The largest absolute Gasteiger partial charge is 0.482 e. The van der Waals surface area contributed by atoms with Gasteiger partial charge in [-0.25, -0.2) is 0 Å². The van der Waals surface area contributed by atoms with E-state index in [1.807, 2.05) is 13.8 Å². The molecule has 4 rings (SSSR count). The van der Waals surface area contributed by atoms with Gasteiger partial charge in [0.2, 0.25) is 0 Å². The smallest absolute Gasteiger partial charge is 0.271 e. The quantitative estimate of drug-likeness (QED) is 0.443. The van der Waals surface area contributed by atoms with Crippen molar-refractivity contribution in [1.82, 2.24) is 0 Å². The number of nitro groups is 1. The van der Waals surface area contributed by atoms with Crippen LogP contribution in [0.2, 0.25) is 0 Å². The van der Waals surface area contributed by atoms with Gasteiger partial charge in [0.1, 0.15) is 11.5 Å². The minimum absolute atomic E-state index is 0.102. The molecule has 2 aromatic rings. The van der Waals surface area contributed by atoms with E-state index in [1.54, 1.807) is 6.07 Å². The normalized spacial score (nSPS) is 17.3. The van der Waals surface area contributed by atoms with Crippen molar-refractivity contribution in [2.75, 3.05) is 23.4 Å². The molecule has 2 aromatic carbocycles. The van der Waals surface area contributed by atoms with Crippen molar-refractivity contribution in [1.29, 1.82) is 0 Å². The van der Waals surface area contributed by atoms with Crippen molar-refractivity contribution in [3.63, 3.8) is 0 Å². The van der Waals surface area contributed by atoms with E-state index in [4.69, 9.17) is 9.47 Å². The van der Waals surface area contributed by atoms with Crippen molar-refractivity contribution in [2.45, 2.75) is 20.0 Å². The topological polar surface area (TPSA) is 128 Å². The lowest BCUT2D eigenvalue weighted by atomic mass is 10.0. The SMILES string of the molecule is CC(C)C1Oc2ccc([N+](=O)[O-])cc2N(CC(=O)c2ccc3c(c2)NC(=O)CO3)C1=O. The van der Waals surface area contributed by atoms with Gasteiger partial charge < -0.3 is 14.8 Å². The number of nitrogens with one attached hydrogen (secondary N) is 1. The zero-order chi connectivity index (χ0) is 22.3. The number of amides is 2. The van der Waals surface area contributed by atoms with Gasteiger partial charge in [-0.3, -0.25) is 29.4 Å². The summed E-state index contributed by atoms with van der Waals surface area (Å²) in [5.41, 5.74) is 0.576. The molecule has 0 radical (unpaired) electrons. The fourth-order valence-corrected chi connectivity index (χ4v) is 3.47. The fraction of sp³-hybridized carbons (Fsp3) is 0.286. The summed E-state index contributed by atoms with van der Waals surface area (Å²) in [6, 6.07) is 8.53. The molecule has 1 atom stereocenters. The molecule has 160 valence electrons. The number of Topliss-reactive ketones (excluding diaryl/α,β-unsaturated/α-hetero) is 1. The fourth-order valence-electron chi connectivity index (χ4n) is 3.47. The molecule has 0 aromatic heterocycles. The van der Waals surface area contributed by atoms with E-state index >= 15 is 0 Å². The van der Waals surface area contributed by atoms with E-state index < -0.39 is 22.7 Å². The third-order valence-corrected chi connectivity index (χ3v) is 5.05. The van der Waals surface area contributed by atoms with Crippen LogP contribution in [0.15, 0.2) is 36.4 Å². The predicted octanol–water partition coefficient (Wildman–Crippen LogP) is 2.56. The first-order chi connectivity index (χ1) is 14.7. The maximum atomic E-state index is 13.1. The predicted molar refractivity (Wildman–Crippen MR) is 110 cm³/mol. The Morgan fingerprint density at radius 1 is 1.23 bits per heavy atom. The van der Waals surface area contributed by atoms with E-state index in [0.29, 0.717) is 17.2 Å². The number of fused-ring (bicyclic) bond motifs is 2. The Labute approximate surface area is 176 Å². The van der Waals surface area contributed by atoms with Gasteiger partial charge in [-0.15, -0.1) is 0 Å². The van der Waals surface area contributed by atoms with Crippen molar-refractivity contribution in [2.24, 2.45) is 5.92 Å². The molecule has 0 saturated carbocycles. The van der Waals surface area contributed by atoms with Crippen LogP contribution in [-0.2, 0) is 9.59 Å². The molecule has 31 heavy (non-hydrogen) atoms. The van der Waals surface area contributed by atoms with E-state index in [2.05, 4.69) is 5.32 Å². The van der Waals surface area contributed by atoms with Crippen LogP contribution in [0.25, 0.3) is 0 Å². The van der Waals surface area contributed by atoms with Gasteiger partial charge in [0.05, 0.1) is 22.8 Å². The number of non-ortho nitro benzene ring substituents is 1. The van der Waals surface area contributed by atoms with Gasteiger partial charge in [0.25, 0.3) is 17.5 Å². The molecule has 10 nitrogen and oxygen atoms in total. The third kappa shape index (κ3) is 3.79. The van der Waals surface area contributed by atoms with Crippen molar-refractivity contribution < 1.29 is 28.8 Å². The number of rotatable bonds is 5. The summed E-state index contributed by atoms with van der Waals surface area (Å²) in [7, 11) is 0. The highest BCUT2D eigenvalue weighted by molar-refractivity contribution is 6.09. The van der Waals surface area contributed by atoms with Crippen LogP contribution >= 0.6 is 0 Å². The molecule has 1 N–H and O–H groups in total. The minimum atomic E-state index is -0.821. The Hall–Kier alpha value is -3.95. The number of ketones is 1. The number of nitro benzene ring substituents is 1. The summed E-state index contributed by atoms with van der Waals surface area (Å²) in [4.78, 5) is 49.5. The lowest BCUT2D eigenvalue weighted by Crippen LogP contribution is -2.50. The Morgan fingerprint density at radius 2 is 1.97 bits per heavy atom. The molecule has 10 heteroatoms. The maximum Gasteiger partial charge on any atom is 0.271 e. The number of hydrogen-bond donors (Lipinski definition) is 1. The average Bonchev–Trinajstić information content (AvgIpc) is 2.74. The van der Waals surface area contributed by atoms with E-state index in [1.165, 1.54) is 35.2 Å². The van der Waals surface area contributed by atoms with Crippen LogP contribution in [0.3, 0.4) is 0 Å². The molecular weight excluding hydrogens is 406 g/mol. The maximum absolute atomic E-state index is 13.1. The van der Waals surface area contributed by atoms with Crippen LogP contribution in [0.4, 0.5) is 17.1 Å². The summed E-state index contributed by atoms with van der Waals surface area (Å²) < 4.78 is 11.0. The summed E-state index contributed by atoms with van der Waals surface area (Å²) in [5.74, 6) is -0.628. The minimum Gasteiger partial charge on any atom is -0.482 e. The highest BCUT2D eigenvalue weighted by atomic mass is 16.6. The first-order valence-corrected chi connectivity index (χ1v) is 9.61. The highest BCUT2D eigenvalue weighted by Crippen LogP contribution is 2.38. The van der Waals surface area contributed by atoms with Crippen molar-refractivity contribution in [3.8, 4) is 11.5 Å². The molecule has 0 spiro atoms. The van der Waals surface area contributed by atoms with Crippen molar-refractivity contribution >= 4 is 34.7 Å². The molecule has 0 aliphatic carbocycles. The molecule has 0 bridgehead atoms. The second kappa shape index (κ2) is 7.71. The zero-order valence-corrected chi connectivity index (χ0v) is 16.8. The summed E-state index contributed by atoms with van der Waals surface area (Å²) in [5, 5.41) is 13.8. The van der Waals surface area contributed by atoms with Gasteiger partial charge in [0, 0.05) is 17.7 Å². The molecule has 1 unspecified atom stereocenters. The lowest BCUT2D eigenvalue weighted by Gasteiger charge is -2.35. The van der Waals surface area contributed by atoms with E-state index in [0.717, 1.165) is 0 Å². The molecule has 0 fully saturated rings. The Kier molecular flexibility index (Phi) is 5.05. The number of hydrogen-bond acceptors (Lipinski definition) is 7. The number of benzene rings is 2. The Morgan fingerprint density at radius 3 is 2.68 bits per heavy atom. The molecule has 2 aliphatic heterocycles. The molecular formula is C21H19N3O7. The number of anilines is 2. The molecule has 2 aliphatic rings. The van der Waals surface area contributed by atoms with Crippen LogP contribution in [0.1, 0.15) is 24.2 Å². The Bertz CT molecular complexity index is 1110. The van der Waals surface area contributed by atoms with Gasteiger partial charge in [0.15, 0.2) is 18.5 Å². The molecule has 2 heterocycles. The molecule has 2 amide bonds. The summed E-state index contributed by atoms with van der Waals surface area (Å²) in [6.07, 6.45) is -0.821. The van der Waals surface area contributed by atoms with Gasteiger partial charge >= 0.3 is 0 Å². The molecule has 0 saturated heterocycles. The lowest BCUT2D eigenvalue weighted by molar-refractivity contribution is -0.384. The zero-order valence-electron chi connectivity index (χ0n) is 16.8. The first kappa shape index (κ1) is 20.3. The van der Waals surface area contributed by atoms with E-state index in [9.17, 15) is 24.5 Å². The Balaban J connectivity index is 1.68. The van der Waals surface area contributed by atoms with Crippen molar-refractivity contribution in [3.05, 3.63) is 52.1 Å². The van der Waals surface area contributed by atoms with Crippen LogP contribution < -0.4 is 19.7 Å². The first-order valence-electron chi connectivity index (χ1n) is 9.61. The third-order valence-electron chi connectivity index (χ3n) is 5.05. The summed E-state index contributed by atoms with van der Waals surface area (Å²) in [6.45, 7) is 3.18. The monoisotopic (exact) mass is 425 g/mol.